The van der Waals surface area contributed by atoms with E-state index >= 15 is 0 Å². The Hall–Kier alpha value is -2.78. The lowest BCUT2D eigenvalue weighted by Crippen LogP contribution is -2.43. The molecule has 8 nitrogen and oxygen atoms in total. The number of ether oxygens (including phenoxy) is 1. The van der Waals surface area contributed by atoms with Crippen LogP contribution in [0.4, 0.5) is 0 Å². The Bertz CT molecular complexity index is 1340. The number of aryl methyl sites for hydroxylation is 1. The molecule has 0 radical (unpaired) electrons. The number of halogens is 3. The van der Waals surface area contributed by atoms with Gasteiger partial charge in [0.25, 0.3) is 6.47 Å². The molecule has 42 heavy (non-hydrogen) atoms. The van der Waals surface area contributed by atoms with Crippen molar-refractivity contribution in [1.82, 2.24) is 19.6 Å². The lowest BCUT2D eigenvalue weighted by molar-refractivity contribution is -0.136. The summed E-state index contributed by atoms with van der Waals surface area (Å²) in [5, 5.41) is 13.2. The van der Waals surface area contributed by atoms with Crippen LogP contribution in [0, 0.1) is 6.92 Å². The molecule has 2 saturated heterocycles. The number of benzene rings is 2. The third-order valence-corrected chi connectivity index (χ3v) is 8.78. The van der Waals surface area contributed by atoms with E-state index in [4.69, 9.17) is 49.4 Å². The largest absolute Gasteiger partial charge is 0.492 e. The average Bonchev–Trinajstić information content (AvgIpc) is 3.65. The first-order valence-corrected chi connectivity index (χ1v) is 15.4. The second-order valence-electron chi connectivity index (χ2n) is 10.7. The summed E-state index contributed by atoms with van der Waals surface area (Å²) in [7, 11) is 0. The fraction of sp³-hybridized carbons (Fsp3) is 0.452. The Morgan fingerprint density at radius 2 is 1.71 bits per heavy atom. The van der Waals surface area contributed by atoms with Crippen molar-refractivity contribution in [2.45, 2.75) is 51.0 Å². The number of carboxylic acid groups (broad SMARTS) is 1. The van der Waals surface area contributed by atoms with Crippen LogP contribution in [0.5, 0.6) is 5.75 Å². The SMILES string of the molecule is Cc1ccnn1C(Cc1ccc(Cl)cc1Cl)C(=O)N1CCC(c2ccc(Cl)cc2OCCN2CCCC2)CC1.O=CO. The summed E-state index contributed by atoms with van der Waals surface area (Å²) in [6, 6.07) is 12.8. The lowest BCUT2D eigenvalue weighted by atomic mass is 9.88. The highest BCUT2D eigenvalue weighted by molar-refractivity contribution is 6.35. The van der Waals surface area contributed by atoms with Crippen LogP contribution in [0.25, 0.3) is 0 Å². The summed E-state index contributed by atoms with van der Waals surface area (Å²) in [6.45, 7) is 6.96. The van der Waals surface area contributed by atoms with Gasteiger partial charge < -0.3 is 14.7 Å². The van der Waals surface area contributed by atoms with Crippen molar-refractivity contribution >= 4 is 47.2 Å². The molecule has 2 aliphatic heterocycles. The molecule has 0 aliphatic carbocycles. The molecule has 3 aromatic rings. The third kappa shape index (κ3) is 8.40. The van der Waals surface area contributed by atoms with Crippen LogP contribution < -0.4 is 4.74 Å². The maximum atomic E-state index is 13.9. The summed E-state index contributed by atoms with van der Waals surface area (Å²) >= 11 is 18.9. The fourth-order valence-corrected chi connectivity index (χ4v) is 6.41. The number of aromatic nitrogens is 2. The number of rotatable bonds is 9. The molecule has 2 aromatic carbocycles. The van der Waals surface area contributed by atoms with E-state index in [0.29, 0.717) is 47.1 Å². The second-order valence-corrected chi connectivity index (χ2v) is 11.9. The minimum absolute atomic E-state index is 0.0597. The van der Waals surface area contributed by atoms with Gasteiger partial charge in [-0.25, -0.2) is 0 Å². The second kappa shape index (κ2) is 15.6. The first-order valence-electron chi connectivity index (χ1n) is 14.3. The smallest absolute Gasteiger partial charge is 0.290 e. The van der Waals surface area contributed by atoms with Gasteiger partial charge in [-0.2, -0.15) is 5.10 Å². The van der Waals surface area contributed by atoms with Crippen LogP contribution in [-0.4, -0.2) is 76.4 Å². The lowest BCUT2D eigenvalue weighted by Gasteiger charge is -2.35. The number of hydrogen-bond acceptors (Lipinski definition) is 5. The highest BCUT2D eigenvalue weighted by atomic mass is 35.5. The predicted octanol–water partition coefficient (Wildman–Crippen LogP) is 6.52. The number of hydrogen-bond donors (Lipinski definition) is 1. The standard InChI is InChI=1S/C30H35Cl3N4O2.CH2O2/c1-21-8-11-34-37(21)28(18-23-4-5-24(31)19-27(23)33)30(38)36-14-9-22(10-15-36)26-7-6-25(32)20-29(26)39-17-16-35-12-2-3-13-35;2-1-3/h4-8,11,19-20,22,28H,2-3,9-10,12-18H2,1H3;1H,(H,2,3). The molecule has 1 atom stereocenters. The van der Waals surface area contributed by atoms with Crippen molar-refractivity contribution in [3.8, 4) is 5.75 Å². The molecule has 5 rings (SSSR count). The summed E-state index contributed by atoms with van der Waals surface area (Å²) in [5.74, 6) is 1.24. The summed E-state index contributed by atoms with van der Waals surface area (Å²) in [4.78, 5) is 26.7. The molecule has 11 heteroatoms. The molecule has 1 aromatic heterocycles. The van der Waals surface area contributed by atoms with Crippen LogP contribution >= 0.6 is 34.8 Å². The summed E-state index contributed by atoms with van der Waals surface area (Å²) in [5.41, 5.74) is 2.99. The molecule has 1 N–H and O–H groups in total. The number of carbonyl (C=O) groups excluding carboxylic acids is 1. The Kier molecular flexibility index (Phi) is 12.0. The maximum absolute atomic E-state index is 13.9. The van der Waals surface area contributed by atoms with Crippen LogP contribution in [0.15, 0.2) is 48.7 Å². The first-order chi connectivity index (χ1) is 20.3. The van der Waals surface area contributed by atoms with Gasteiger partial charge in [0.05, 0.1) is 0 Å². The maximum Gasteiger partial charge on any atom is 0.290 e. The molecule has 3 heterocycles. The van der Waals surface area contributed by atoms with Gasteiger partial charge in [0.15, 0.2) is 0 Å². The van der Waals surface area contributed by atoms with E-state index in [1.54, 1.807) is 12.3 Å². The third-order valence-electron chi connectivity index (χ3n) is 7.96. The van der Waals surface area contributed by atoms with Gasteiger partial charge in [-0.15, -0.1) is 0 Å². The van der Waals surface area contributed by atoms with Crippen molar-refractivity contribution < 1.29 is 19.4 Å². The van der Waals surface area contributed by atoms with Crippen molar-refractivity contribution in [3.63, 3.8) is 0 Å². The van der Waals surface area contributed by atoms with Gasteiger partial charge in [-0.3, -0.25) is 19.2 Å². The van der Waals surface area contributed by atoms with Crippen LogP contribution in [0.3, 0.4) is 0 Å². The van der Waals surface area contributed by atoms with Gasteiger partial charge in [0.1, 0.15) is 18.4 Å². The van der Waals surface area contributed by atoms with Gasteiger partial charge in [0.2, 0.25) is 5.91 Å². The molecule has 2 fully saturated rings. The zero-order chi connectivity index (χ0) is 30.1. The van der Waals surface area contributed by atoms with Crippen molar-refractivity contribution in [1.29, 1.82) is 0 Å². The van der Waals surface area contributed by atoms with Crippen LogP contribution in [0.1, 0.15) is 54.5 Å². The van der Waals surface area contributed by atoms with Crippen molar-refractivity contribution in [3.05, 3.63) is 80.6 Å². The quantitative estimate of drug-likeness (QED) is 0.270. The van der Waals surface area contributed by atoms with E-state index in [1.807, 2.05) is 46.8 Å². The summed E-state index contributed by atoms with van der Waals surface area (Å²) < 4.78 is 8.06. The Balaban J connectivity index is 0.00000129. The highest BCUT2D eigenvalue weighted by Gasteiger charge is 2.32. The number of amides is 1. The molecular formula is C31H37Cl3N4O4. The highest BCUT2D eigenvalue weighted by Crippen LogP contribution is 2.37. The summed E-state index contributed by atoms with van der Waals surface area (Å²) in [6.07, 6.45) is 6.45. The van der Waals surface area contributed by atoms with E-state index < -0.39 is 6.04 Å². The topological polar surface area (TPSA) is 87.9 Å². The zero-order valence-corrected chi connectivity index (χ0v) is 26.0. The van der Waals surface area contributed by atoms with E-state index in [2.05, 4.69) is 16.1 Å². The monoisotopic (exact) mass is 634 g/mol. The molecule has 1 amide bonds. The minimum atomic E-state index is -0.477. The van der Waals surface area contributed by atoms with Gasteiger partial charge >= 0.3 is 0 Å². The van der Waals surface area contributed by atoms with E-state index in [1.165, 1.54) is 18.4 Å². The van der Waals surface area contributed by atoms with Crippen LogP contribution in [-0.2, 0) is 16.0 Å². The Labute approximate surface area is 262 Å². The molecule has 0 bridgehead atoms. The van der Waals surface area contributed by atoms with Gasteiger partial charge in [0, 0.05) is 53.0 Å². The molecule has 2 aliphatic rings. The Morgan fingerprint density at radius 3 is 2.36 bits per heavy atom. The normalized spacial score (nSPS) is 16.5. The van der Waals surface area contributed by atoms with E-state index in [9.17, 15) is 4.79 Å². The van der Waals surface area contributed by atoms with Crippen molar-refractivity contribution in [2.24, 2.45) is 0 Å². The molecule has 226 valence electrons. The molecule has 0 spiro atoms. The zero-order valence-electron chi connectivity index (χ0n) is 23.7. The van der Waals surface area contributed by atoms with E-state index in [0.717, 1.165) is 49.5 Å². The number of nitrogens with zero attached hydrogens (tertiary/aromatic N) is 4. The molecule has 0 saturated carbocycles. The average molecular weight is 636 g/mol. The Morgan fingerprint density at radius 1 is 1.05 bits per heavy atom. The number of likely N-dealkylation sites (tertiary alicyclic amines) is 2. The van der Waals surface area contributed by atoms with Gasteiger partial charge in [-0.1, -0.05) is 46.9 Å². The fourth-order valence-electron chi connectivity index (χ4n) is 5.76. The number of piperidine rings is 1. The molecular weight excluding hydrogens is 599 g/mol. The van der Waals surface area contributed by atoms with Crippen molar-refractivity contribution in [2.75, 3.05) is 39.3 Å². The number of carbonyl (C=O) groups is 2. The van der Waals surface area contributed by atoms with E-state index in [-0.39, 0.29) is 12.4 Å². The first kappa shape index (κ1) is 32.1. The predicted molar refractivity (Wildman–Crippen MR) is 166 cm³/mol. The van der Waals surface area contributed by atoms with Crippen LogP contribution in [0.2, 0.25) is 15.1 Å². The van der Waals surface area contributed by atoms with Gasteiger partial charge in [-0.05, 0) is 93.1 Å². The molecule has 1 unspecified atom stereocenters. The minimum Gasteiger partial charge on any atom is -0.492 e.